The van der Waals surface area contributed by atoms with Crippen molar-refractivity contribution in [1.82, 2.24) is 24.1 Å². The molecule has 0 saturated carbocycles. The molecular weight excluding hydrogens is 515 g/mol. The number of ketones is 1. The van der Waals surface area contributed by atoms with Gasteiger partial charge in [-0.25, -0.2) is 4.98 Å². The maximum Gasteiger partial charge on any atom is 0.435 e. The van der Waals surface area contributed by atoms with Gasteiger partial charge in [0.25, 0.3) is 0 Å². The Hall–Kier alpha value is -3.93. The van der Waals surface area contributed by atoms with E-state index in [4.69, 9.17) is 6.42 Å². The smallest absolute Gasteiger partial charge is 0.296 e. The van der Waals surface area contributed by atoms with Crippen LogP contribution in [0.5, 0.6) is 0 Å². The molecule has 0 radical (unpaired) electrons. The fraction of sp³-hybridized carbons (Fsp3) is 0.419. The Labute approximate surface area is 232 Å². The highest BCUT2D eigenvalue weighted by atomic mass is 19.4. The van der Waals surface area contributed by atoms with E-state index in [1.165, 1.54) is 38.1 Å². The number of alkyl halides is 3. The highest BCUT2D eigenvalue weighted by Gasteiger charge is 2.38. The number of carbonyl (C=O) groups excluding carboxylic acids is 1. The van der Waals surface area contributed by atoms with Crippen LogP contribution in [0.1, 0.15) is 91.7 Å². The molecule has 4 aromatic rings. The number of Topliss-reactive ketones (excluding diaryl/α,β-unsaturated/α-hetero) is 1. The van der Waals surface area contributed by atoms with Crippen LogP contribution in [0.2, 0.25) is 0 Å². The molecule has 9 heteroatoms. The lowest BCUT2D eigenvalue weighted by Crippen LogP contribution is -2.09. The van der Waals surface area contributed by atoms with Crippen molar-refractivity contribution in [2.45, 2.75) is 84.4 Å². The summed E-state index contributed by atoms with van der Waals surface area (Å²) in [5.74, 6) is 2.48. The third-order valence-corrected chi connectivity index (χ3v) is 7.04. The number of rotatable bonds is 13. The van der Waals surface area contributed by atoms with Gasteiger partial charge in [0.15, 0.2) is 17.1 Å². The summed E-state index contributed by atoms with van der Waals surface area (Å²) in [5, 5.41) is 3.67. The summed E-state index contributed by atoms with van der Waals surface area (Å²) in [7, 11) is 0. The SMILES string of the molecule is C#CCn1cc(-c2cnc3c(Cc4ccc(C(=O)CCCCCCCC)c(CC)c4)nccn23)c(C(F)(F)F)n1. The Morgan fingerprint density at radius 3 is 2.58 bits per heavy atom. The van der Waals surface area contributed by atoms with Crippen LogP contribution in [-0.4, -0.2) is 29.9 Å². The Kier molecular flexibility index (Phi) is 9.41. The van der Waals surface area contributed by atoms with Crippen LogP contribution in [0.15, 0.2) is 43.0 Å². The molecule has 0 fully saturated rings. The van der Waals surface area contributed by atoms with Crippen LogP contribution in [-0.2, 0) is 25.6 Å². The van der Waals surface area contributed by atoms with Gasteiger partial charge >= 0.3 is 6.18 Å². The average molecular weight is 550 g/mol. The lowest BCUT2D eigenvalue weighted by Gasteiger charge is -2.11. The van der Waals surface area contributed by atoms with E-state index in [0.717, 1.165) is 40.6 Å². The van der Waals surface area contributed by atoms with Crippen molar-refractivity contribution >= 4 is 11.4 Å². The first-order valence-electron chi connectivity index (χ1n) is 13.8. The first-order valence-corrected chi connectivity index (χ1v) is 13.8. The third-order valence-electron chi connectivity index (χ3n) is 7.04. The van der Waals surface area contributed by atoms with Gasteiger partial charge in [-0.1, -0.05) is 70.1 Å². The molecule has 210 valence electrons. The highest BCUT2D eigenvalue weighted by Crippen LogP contribution is 2.36. The number of aryl methyl sites for hydroxylation is 1. The number of aromatic nitrogens is 5. The average Bonchev–Trinajstić information content (AvgIpc) is 3.55. The van der Waals surface area contributed by atoms with Crippen molar-refractivity contribution in [2.24, 2.45) is 0 Å². The van der Waals surface area contributed by atoms with Crippen LogP contribution >= 0.6 is 0 Å². The summed E-state index contributed by atoms with van der Waals surface area (Å²) < 4.78 is 44.0. The predicted molar refractivity (Wildman–Crippen MR) is 149 cm³/mol. The minimum Gasteiger partial charge on any atom is -0.296 e. The van der Waals surface area contributed by atoms with E-state index < -0.39 is 11.9 Å². The number of halogens is 3. The zero-order valence-electron chi connectivity index (χ0n) is 23.0. The lowest BCUT2D eigenvalue weighted by atomic mass is 9.94. The number of benzene rings is 1. The number of imidazole rings is 1. The van der Waals surface area contributed by atoms with Gasteiger partial charge in [0, 0.05) is 37.0 Å². The van der Waals surface area contributed by atoms with Crippen molar-refractivity contribution in [1.29, 1.82) is 0 Å². The summed E-state index contributed by atoms with van der Waals surface area (Å²) in [6, 6.07) is 5.84. The van der Waals surface area contributed by atoms with Gasteiger partial charge in [0.05, 0.1) is 23.1 Å². The molecule has 0 spiro atoms. The van der Waals surface area contributed by atoms with E-state index >= 15 is 0 Å². The summed E-state index contributed by atoms with van der Waals surface area (Å²) in [6.45, 7) is 4.14. The molecule has 6 nitrogen and oxygen atoms in total. The monoisotopic (exact) mass is 549 g/mol. The molecule has 0 aliphatic carbocycles. The van der Waals surface area contributed by atoms with Crippen LogP contribution in [0.4, 0.5) is 13.2 Å². The molecule has 0 aliphatic heterocycles. The zero-order valence-corrected chi connectivity index (χ0v) is 23.0. The van der Waals surface area contributed by atoms with E-state index in [9.17, 15) is 18.0 Å². The normalized spacial score (nSPS) is 11.7. The number of fused-ring (bicyclic) bond motifs is 1. The fourth-order valence-corrected chi connectivity index (χ4v) is 5.01. The van der Waals surface area contributed by atoms with Crippen molar-refractivity contribution in [3.63, 3.8) is 0 Å². The summed E-state index contributed by atoms with van der Waals surface area (Å²) >= 11 is 0. The van der Waals surface area contributed by atoms with Gasteiger partial charge in [-0.2, -0.15) is 18.3 Å². The van der Waals surface area contributed by atoms with E-state index in [-0.39, 0.29) is 23.6 Å². The molecule has 0 saturated heterocycles. The van der Waals surface area contributed by atoms with Gasteiger partial charge in [0.2, 0.25) is 0 Å². The minimum atomic E-state index is -4.65. The Morgan fingerprint density at radius 1 is 1.07 bits per heavy atom. The molecule has 0 bridgehead atoms. The number of unbranched alkanes of at least 4 members (excludes halogenated alkanes) is 5. The van der Waals surface area contributed by atoms with E-state index in [1.54, 1.807) is 16.8 Å². The standard InChI is InChI=1S/C31H34F3N5O/c1-4-7-8-9-10-11-12-28(40)24-14-13-22(18-23(24)6-3)19-26-30-36-20-27(39(30)17-15-35-26)25-21-38(16-5-2)37-29(25)31(32,33)34/h2,13-15,17-18,20-21H,4,6-12,16,19H2,1,3H3. The van der Waals surface area contributed by atoms with Gasteiger partial charge in [-0.15, -0.1) is 6.42 Å². The van der Waals surface area contributed by atoms with Crippen LogP contribution in [0, 0.1) is 12.3 Å². The molecule has 0 unspecified atom stereocenters. The zero-order chi connectivity index (χ0) is 28.7. The Balaban J connectivity index is 1.56. The minimum absolute atomic E-state index is 0.0795. The van der Waals surface area contributed by atoms with Gasteiger partial charge < -0.3 is 0 Å². The van der Waals surface area contributed by atoms with Gasteiger partial charge in [0.1, 0.15) is 6.54 Å². The molecule has 0 N–H and O–H groups in total. The Bertz CT molecular complexity index is 1510. The predicted octanol–water partition coefficient (Wildman–Crippen LogP) is 7.33. The molecule has 0 atom stereocenters. The lowest BCUT2D eigenvalue weighted by molar-refractivity contribution is -0.141. The summed E-state index contributed by atoms with van der Waals surface area (Å²) in [6.07, 6.45) is 14.9. The number of hydrogen-bond donors (Lipinski definition) is 0. The quantitative estimate of drug-likeness (QED) is 0.0995. The van der Waals surface area contributed by atoms with E-state index in [1.807, 2.05) is 25.1 Å². The molecular formula is C31H34F3N5O. The molecule has 0 aliphatic rings. The number of nitrogens with zero attached hydrogens (tertiary/aromatic N) is 5. The van der Waals surface area contributed by atoms with Crippen molar-refractivity contribution in [3.8, 4) is 23.6 Å². The first-order chi connectivity index (χ1) is 19.3. The Morgan fingerprint density at radius 2 is 1.85 bits per heavy atom. The molecule has 4 rings (SSSR count). The van der Waals surface area contributed by atoms with Gasteiger partial charge in [-0.3, -0.25) is 18.9 Å². The second kappa shape index (κ2) is 12.9. The van der Waals surface area contributed by atoms with E-state index in [2.05, 4.69) is 27.9 Å². The number of carbonyl (C=O) groups is 1. The number of terminal acetylenes is 1. The van der Waals surface area contributed by atoms with Crippen LogP contribution < -0.4 is 0 Å². The molecule has 3 aromatic heterocycles. The third kappa shape index (κ3) is 6.61. The van der Waals surface area contributed by atoms with Crippen LogP contribution in [0.3, 0.4) is 0 Å². The summed E-state index contributed by atoms with van der Waals surface area (Å²) in [5.41, 5.74) is 2.90. The molecule has 40 heavy (non-hydrogen) atoms. The first kappa shape index (κ1) is 29.1. The topological polar surface area (TPSA) is 65.1 Å². The largest absolute Gasteiger partial charge is 0.435 e. The molecule has 0 amide bonds. The second-order valence-corrected chi connectivity index (χ2v) is 9.96. The fourth-order valence-electron chi connectivity index (χ4n) is 5.01. The maximum atomic E-state index is 13.8. The molecule has 3 heterocycles. The van der Waals surface area contributed by atoms with Crippen molar-refractivity contribution in [3.05, 3.63) is 71.1 Å². The highest BCUT2D eigenvalue weighted by molar-refractivity contribution is 5.97. The number of hydrogen-bond acceptors (Lipinski definition) is 4. The van der Waals surface area contributed by atoms with Crippen LogP contribution in [0.25, 0.3) is 16.9 Å². The van der Waals surface area contributed by atoms with Crippen molar-refractivity contribution in [2.75, 3.05) is 0 Å². The summed E-state index contributed by atoms with van der Waals surface area (Å²) in [4.78, 5) is 21.8. The second-order valence-electron chi connectivity index (χ2n) is 9.96. The van der Waals surface area contributed by atoms with E-state index in [0.29, 0.717) is 24.2 Å². The van der Waals surface area contributed by atoms with Crippen molar-refractivity contribution < 1.29 is 18.0 Å². The molecule has 1 aromatic carbocycles. The van der Waals surface area contributed by atoms with Gasteiger partial charge in [-0.05, 0) is 24.0 Å². The maximum absolute atomic E-state index is 13.8.